The van der Waals surface area contributed by atoms with Crippen LogP contribution in [0.25, 0.3) is 0 Å². The molecule has 1 aromatic carbocycles. The minimum absolute atomic E-state index is 0. The molecule has 0 heterocycles. The first-order valence-corrected chi connectivity index (χ1v) is 10.4. The highest BCUT2D eigenvalue weighted by Crippen LogP contribution is 2.27. The van der Waals surface area contributed by atoms with Crippen molar-refractivity contribution in [3.05, 3.63) is 35.4 Å². The highest BCUT2D eigenvalue weighted by Gasteiger charge is 2.13. The van der Waals surface area contributed by atoms with Gasteiger partial charge in [-0.1, -0.05) is 114 Å². The first-order valence-electron chi connectivity index (χ1n) is 10.4. The molecule has 2 fully saturated rings. The van der Waals surface area contributed by atoms with Crippen molar-refractivity contribution in [1.29, 1.82) is 0 Å². The fourth-order valence-corrected chi connectivity index (χ4v) is 3.49. The fourth-order valence-electron chi connectivity index (χ4n) is 3.49. The van der Waals surface area contributed by atoms with Gasteiger partial charge in [-0.2, -0.15) is 0 Å². The standard InChI is InChI=1S/2C8H16.C8H10.2H2/c3*1-7-3-5-8(2)6-4-7;;/h2*7-8H,3-6H2,1-2H3;3-6H,1-2H3;2*1H/i;;;1+1;. The van der Waals surface area contributed by atoms with Gasteiger partial charge in [-0.15, -0.1) is 0 Å². The Morgan fingerprint density at radius 2 is 0.708 bits per heavy atom. The third-order valence-electron chi connectivity index (χ3n) is 5.83. The predicted octanol–water partition coefficient (Wildman–Crippen LogP) is 8.46. The number of benzene rings is 1. The third kappa shape index (κ3) is 10.2. The number of aryl methyl sites for hydroxylation is 2. The van der Waals surface area contributed by atoms with E-state index in [4.69, 9.17) is 0 Å². The highest BCUT2D eigenvalue weighted by atomic mass is 14.2. The van der Waals surface area contributed by atoms with Crippen LogP contribution in [0.4, 0.5) is 0 Å². The number of hydrogen-bond acceptors (Lipinski definition) is 0. The summed E-state index contributed by atoms with van der Waals surface area (Å²) in [5.41, 5.74) is 2.66. The lowest BCUT2D eigenvalue weighted by Crippen LogP contribution is -2.08. The molecular weight excluding hydrogens is 288 g/mol. The van der Waals surface area contributed by atoms with Crippen LogP contribution in [0.15, 0.2) is 24.3 Å². The molecule has 2 aliphatic rings. The molecule has 0 amide bonds. The maximum Gasteiger partial charge on any atom is 0 e. The van der Waals surface area contributed by atoms with E-state index in [1.54, 1.807) is 0 Å². The Labute approximate surface area is 155 Å². The van der Waals surface area contributed by atoms with E-state index in [-0.39, 0.29) is 2.85 Å². The van der Waals surface area contributed by atoms with Crippen molar-refractivity contribution in [2.24, 2.45) is 23.7 Å². The summed E-state index contributed by atoms with van der Waals surface area (Å²) in [5, 5.41) is 0. The first kappa shape index (κ1) is 21.3. The first-order chi connectivity index (χ1) is 11.4. The Balaban J connectivity index is 0. The van der Waals surface area contributed by atoms with Gasteiger partial charge in [-0.3, -0.25) is 0 Å². The van der Waals surface area contributed by atoms with Gasteiger partial charge in [0.1, 0.15) is 0 Å². The molecule has 3 rings (SSSR count). The summed E-state index contributed by atoms with van der Waals surface area (Å²) in [5.74, 6) is 4.08. The van der Waals surface area contributed by atoms with Crippen LogP contribution in [-0.4, -0.2) is 0 Å². The molecule has 24 heavy (non-hydrogen) atoms. The van der Waals surface area contributed by atoms with E-state index in [0.29, 0.717) is 0 Å². The maximum atomic E-state index is 2.37. The summed E-state index contributed by atoms with van der Waals surface area (Å²) < 4.78 is 0. The summed E-state index contributed by atoms with van der Waals surface area (Å²) in [7, 11) is 0. The van der Waals surface area contributed by atoms with Gasteiger partial charge in [-0.25, -0.2) is 0 Å². The van der Waals surface area contributed by atoms with E-state index in [2.05, 4.69) is 65.8 Å². The monoisotopic (exact) mass is 335 g/mol. The number of rotatable bonds is 0. The Bertz CT molecular complexity index is 349. The maximum absolute atomic E-state index is 2.37. The average molecular weight is 336 g/mol. The van der Waals surface area contributed by atoms with Crippen LogP contribution in [-0.2, 0) is 0 Å². The summed E-state index contributed by atoms with van der Waals surface area (Å²) >= 11 is 0. The second kappa shape index (κ2) is 11.7. The molecule has 0 atom stereocenters. The molecule has 0 aliphatic heterocycles. The van der Waals surface area contributed by atoms with Crippen molar-refractivity contribution < 1.29 is 2.85 Å². The van der Waals surface area contributed by atoms with Crippen molar-refractivity contribution in [1.82, 2.24) is 0 Å². The van der Waals surface area contributed by atoms with E-state index in [1.807, 2.05) is 0 Å². The van der Waals surface area contributed by atoms with E-state index < -0.39 is 0 Å². The van der Waals surface area contributed by atoms with Gasteiger partial charge in [-0.05, 0) is 37.5 Å². The van der Waals surface area contributed by atoms with Crippen LogP contribution in [0.5, 0.6) is 0 Å². The minimum Gasteiger partial charge on any atom is -0.0625 e. The summed E-state index contributed by atoms with van der Waals surface area (Å²) in [6, 6.07) is 8.48. The van der Waals surface area contributed by atoms with Crippen LogP contribution in [0.1, 0.15) is 93.0 Å². The van der Waals surface area contributed by atoms with Gasteiger partial charge in [0.05, 0.1) is 0 Å². The van der Waals surface area contributed by atoms with E-state index in [9.17, 15) is 0 Å². The molecule has 2 saturated carbocycles. The fraction of sp³-hybridized carbons (Fsp3) is 0.750. The van der Waals surface area contributed by atoms with Crippen molar-refractivity contribution >= 4 is 0 Å². The molecule has 142 valence electrons. The Kier molecular flexibility index (Phi) is 10.4. The van der Waals surface area contributed by atoms with Gasteiger partial charge < -0.3 is 0 Å². The molecule has 0 aromatic heterocycles. The molecule has 2 aliphatic carbocycles. The van der Waals surface area contributed by atoms with Crippen LogP contribution < -0.4 is 0 Å². The zero-order valence-corrected chi connectivity index (χ0v) is 17.3. The smallest absolute Gasteiger partial charge is 0 e. The van der Waals surface area contributed by atoms with Gasteiger partial charge in [0, 0.05) is 2.85 Å². The largest absolute Gasteiger partial charge is 0.0625 e. The lowest BCUT2D eigenvalue weighted by atomic mass is 9.84. The van der Waals surface area contributed by atoms with Gasteiger partial charge in [0.25, 0.3) is 0 Å². The Morgan fingerprint density at radius 1 is 0.542 bits per heavy atom. The van der Waals surface area contributed by atoms with Gasteiger partial charge in [0.15, 0.2) is 0 Å². The molecule has 0 nitrogen and oxygen atoms in total. The summed E-state index contributed by atoms with van der Waals surface area (Å²) in [6.45, 7) is 13.7. The zero-order chi connectivity index (χ0) is 17.9. The van der Waals surface area contributed by atoms with E-state index in [0.717, 1.165) is 23.7 Å². The second-order valence-electron chi connectivity index (χ2n) is 8.88. The average Bonchev–Trinajstić information content (AvgIpc) is 2.57. The van der Waals surface area contributed by atoms with Crippen LogP contribution in [0, 0.1) is 37.5 Å². The van der Waals surface area contributed by atoms with E-state index in [1.165, 1.54) is 62.5 Å². The minimum atomic E-state index is 0. The van der Waals surface area contributed by atoms with Crippen molar-refractivity contribution in [2.75, 3.05) is 0 Å². The number of hydrogen-bond donors (Lipinski definition) is 0. The second-order valence-corrected chi connectivity index (χ2v) is 8.88. The topological polar surface area (TPSA) is 0 Å². The van der Waals surface area contributed by atoms with Crippen LogP contribution in [0.2, 0.25) is 0 Å². The predicted molar refractivity (Wildman–Crippen MR) is 114 cm³/mol. The van der Waals surface area contributed by atoms with E-state index >= 15 is 0 Å². The summed E-state index contributed by atoms with van der Waals surface area (Å²) in [4.78, 5) is 0. The van der Waals surface area contributed by atoms with Crippen molar-refractivity contribution in [3.8, 4) is 0 Å². The molecule has 0 spiro atoms. The van der Waals surface area contributed by atoms with Gasteiger partial charge in [0.2, 0.25) is 0 Å². The SMILES string of the molecule is CC1CCC(C)CC1.CC1CCC(C)CC1.Cc1ccc(C)cc1.[2HH].[HH]. The molecule has 0 bridgehead atoms. The normalized spacial score (nSPS) is 29.6. The van der Waals surface area contributed by atoms with Crippen molar-refractivity contribution in [2.45, 2.75) is 92.9 Å². The third-order valence-corrected chi connectivity index (χ3v) is 5.83. The molecule has 1 aromatic rings. The summed E-state index contributed by atoms with van der Waals surface area (Å²) in [6.07, 6.45) is 11.8. The molecular formula is C24H46. The molecule has 0 unspecified atom stereocenters. The lowest BCUT2D eigenvalue weighted by Gasteiger charge is -2.22. The molecule has 0 saturated heterocycles. The molecule has 0 N–H and O–H groups in total. The lowest BCUT2D eigenvalue weighted by molar-refractivity contribution is 0.308. The van der Waals surface area contributed by atoms with Crippen molar-refractivity contribution in [3.63, 3.8) is 0 Å². The van der Waals surface area contributed by atoms with Crippen LogP contribution in [0.3, 0.4) is 0 Å². The van der Waals surface area contributed by atoms with Crippen LogP contribution >= 0.6 is 0 Å². The Hall–Kier alpha value is -0.780. The van der Waals surface area contributed by atoms with Gasteiger partial charge >= 0.3 is 0 Å². The highest BCUT2D eigenvalue weighted by molar-refractivity contribution is 5.19. The molecule has 0 heteroatoms. The molecule has 0 radical (unpaired) electrons. The Morgan fingerprint density at radius 3 is 0.875 bits per heavy atom. The zero-order valence-electron chi connectivity index (χ0n) is 17.3. The quantitative estimate of drug-likeness (QED) is 0.446.